The van der Waals surface area contributed by atoms with E-state index in [4.69, 9.17) is 10.00 Å². The number of carbonyl (C=O) groups is 2. The quantitative estimate of drug-likeness (QED) is 0.559. The maximum absolute atomic E-state index is 11.8. The number of pyridine rings is 1. The van der Waals surface area contributed by atoms with E-state index >= 15 is 0 Å². The van der Waals surface area contributed by atoms with Gasteiger partial charge in [0.05, 0.1) is 28.8 Å². The summed E-state index contributed by atoms with van der Waals surface area (Å²) >= 11 is 1.28. The van der Waals surface area contributed by atoms with Gasteiger partial charge in [-0.1, -0.05) is 30.0 Å². The predicted octanol–water partition coefficient (Wildman–Crippen LogP) is 2.55. The maximum Gasteiger partial charge on any atom is 0.316 e. The van der Waals surface area contributed by atoms with Crippen LogP contribution in [-0.4, -0.2) is 47.7 Å². The molecule has 0 saturated heterocycles. The third-order valence-electron chi connectivity index (χ3n) is 3.58. The van der Waals surface area contributed by atoms with Crippen molar-refractivity contribution in [2.24, 2.45) is 0 Å². The summed E-state index contributed by atoms with van der Waals surface area (Å²) < 4.78 is 4.98. The number of amides is 1. The lowest BCUT2D eigenvalue weighted by Crippen LogP contribution is -2.32. The summed E-state index contributed by atoms with van der Waals surface area (Å²) in [5.74, 6) is -0.715. The van der Waals surface area contributed by atoms with Crippen LogP contribution in [0.25, 0.3) is 10.9 Å². The highest BCUT2D eigenvalue weighted by atomic mass is 32.2. The topological polar surface area (TPSA) is 83.3 Å². The van der Waals surface area contributed by atoms with Crippen molar-refractivity contribution in [2.45, 2.75) is 18.4 Å². The van der Waals surface area contributed by atoms with Crippen molar-refractivity contribution < 1.29 is 14.3 Å². The van der Waals surface area contributed by atoms with Gasteiger partial charge < -0.3 is 9.64 Å². The van der Waals surface area contributed by atoms with Gasteiger partial charge in [0.25, 0.3) is 5.91 Å². The van der Waals surface area contributed by atoms with Crippen LogP contribution in [0.3, 0.4) is 0 Å². The number of benzene rings is 1. The average molecular weight is 357 g/mol. The lowest BCUT2D eigenvalue weighted by Gasteiger charge is -2.15. The molecule has 1 aromatic heterocycles. The Hall–Kier alpha value is -2.59. The van der Waals surface area contributed by atoms with Crippen LogP contribution in [0.1, 0.15) is 12.0 Å². The number of carbonyl (C=O) groups excluding carboxylic acids is 2. The highest BCUT2D eigenvalue weighted by molar-refractivity contribution is 7.99. The molecule has 1 amide bonds. The third kappa shape index (κ3) is 5.47. The van der Waals surface area contributed by atoms with Crippen molar-refractivity contribution in [2.75, 3.05) is 26.0 Å². The van der Waals surface area contributed by atoms with Crippen LogP contribution in [0.15, 0.2) is 35.4 Å². The van der Waals surface area contributed by atoms with Gasteiger partial charge in [-0.3, -0.25) is 9.59 Å². The fourth-order valence-electron chi connectivity index (χ4n) is 2.16. The minimum Gasteiger partial charge on any atom is -0.455 e. The summed E-state index contributed by atoms with van der Waals surface area (Å²) in [6.45, 7) is 2.01. The van der Waals surface area contributed by atoms with Gasteiger partial charge in [0.2, 0.25) is 0 Å². The number of esters is 1. The van der Waals surface area contributed by atoms with Gasteiger partial charge in [-0.2, -0.15) is 5.26 Å². The molecule has 2 rings (SSSR count). The number of aromatic nitrogens is 1. The number of para-hydroxylation sites is 1. The Kier molecular flexibility index (Phi) is 6.78. The molecule has 0 unspecified atom stereocenters. The zero-order chi connectivity index (χ0) is 18.2. The third-order valence-corrected chi connectivity index (χ3v) is 4.46. The molecule has 0 atom stereocenters. The molecule has 6 nitrogen and oxygen atoms in total. The van der Waals surface area contributed by atoms with Crippen molar-refractivity contribution in [1.82, 2.24) is 9.88 Å². The first-order chi connectivity index (χ1) is 12.0. The first-order valence-corrected chi connectivity index (χ1v) is 8.75. The van der Waals surface area contributed by atoms with E-state index in [1.807, 2.05) is 43.3 Å². The second-order valence-corrected chi connectivity index (χ2v) is 6.46. The molecular weight excluding hydrogens is 338 g/mol. The minimum absolute atomic E-state index is 0.0833. The Morgan fingerprint density at radius 3 is 2.88 bits per heavy atom. The normalized spacial score (nSPS) is 10.3. The molecule has 0 saturated carbocycles. The number of hydrogen-bond acceptors (Lipinski definition) is 6. The van der Waals surface area contributed by atoms with Crippen LogP contribution in [0.2, 0.25) is 0 Å². The number of thioether (sulfide) groups is 1. The first kappa shape index (κ1) is 18.7. The molecule has 0 radical (unpaired) electrons. The predicted molar refractivity (Wildman–Crippen MR) is 96.0 cm³/mol. The second kappa shape index (κ2) is 9.04. The number of aryl methyl sites for hydroxylation is 1. The molecule has 7 heteroatoms. The Morgan fingerprint density at radius 2 is 2.12 bits per heavy atom. The van der Waals surface area contributed by atoms with Gasteiger partial charge in [0.15, 0.2) is 6.61 Å². The molecule has 0 bridgehead atoms. The number of hydrogen-bond donors (Lipinski definition) is 0. The Bertz CT molecular complexity index is 817. The fraction of sp³-hybridized carbons (Fsp3) is 0.333. The largest absolute Gasteiger partial charge is 0.455 e. The molecule has 130 valence electrons. The van der Waals surface area contributed by atoms with Crippen molar-refractivity contribution in [1.29, 1.82) is 5.26 Å². The van der Waals surface area contributed by atoms with Crippen molar-refractivity contribution in [3.05, 3.63) is 35.9 Å². The Labute approximate surface area is 150 Å². The lowest BCUT2D eigenvalue weighted by atomic mass is 10.1. The van der Waals surface area contributed by atoms with Gasteiger partial charge >= 0.3 is 5.97 Å². The SMILES string of the molecule is Cc1cc(SCC(=O)OCC(=O)N(C)CCC#N)nc2ccccc12. The van der Waals surface area contributed by atoms with Crippen LogP contribution >= 0.6 is 11.8 Å². The molecule has 0 aliphatic heterocycles. The molecule has 0 aliphatic carbocycles. The Balaban J connectivity index is 1.84. The molecule has 1 aromatic carbocycles. The molecule has 25 heavy (non-hydrogen) atoms. The van der Waals surface area contributed by atoms with Crippen molar-refractivity contribution in [3.63, 3.8) is 0 Å². The van der Waals surface area contributed by atoms with Crippen LogP contribution < -0.4 is 0 Å². The molecular formula is C18H19N3O3S. The smallest absolute Gasteiger partial charge is 0.316 e. The van der Waals surface area contributed by atoms with E-state index in [0.29, 0.717) is 6.54 Å². The summed E-state index contributed by atoms with van der Waals surface area (Å²) in [5, 5.41) is 10.3. The van der Waals surface area contributed by atoms with E-state index in [2.05, 4.69) is 4.98 Å². The van der Waals surface area contributed by atoms with E-state index in [-0.39, 0.29) is 24.7 Å². The van der Waals surface area contributed by atoms with Crippen LogP contribution in [-0.2, 0) is 14.3 Å². The van der Waals surface area contributed by atoms with Crippen molar-refractivity contribution in [3.8, 4) is 6.07 Å². The number of ether oxygens (including phenoxy) is 1. The summed E-state index contributed by atoms with van der Waals surface area (Å²) in [5.41, 5.74) is 1.98. The van der Waals surface area contributed by atoms with E-state index in [1.54, 1.807) is 7.05 Å². The van der Waals surface area contributed by atoms with E-state index < -0.39 is 5.97 Å². The first-order valence-electron chi connectivity index (χ1n) is 7.77. The highest BCUT2D eigenvalue weighted by Crippen LogP contribution is 2.23. The number of rotatable bonds is 7. The molecule has 2 aromatic rings. The monoisotopic (exact) mass is 357 g/mol. The zero-order valence-corrected chi connectivity index (χ0v) is 15.0. The minimum atomic E-state index is -0.473. The van der Waals surface area contributed by atoms with Crippen LogP contribution in [0.4, 0.5) is 0 Å². The lowest BCUT2D eigenvalue weighted by molar-refractivity contribution is -0.149. The Morgan fingerprint density at radius 1 is 1.36 bits per heavy atom. The summed E-state index contributed by atoms with van der Waals surface area (Å²) in [6.07, 6.45) is 0.249. The fourth-order valence-corrected chi connectivity index (χ4v) is 2.93. The number of nitrogens with zero attached hydrogens (tertiary/aromatic N) is 3. The van der Waals surface area contributed by atoms with Gasteiger partial charge in [0.1, 0.15) is 0 Å². The molecule has 0 aliphatic rings. The zero-order valence-electron chi connectivity index (χ0n) is 14.2. The van der Waals surface area contributed by atoms with E-state index in [1.165, 1.54) is 16.7 Å². The summed E-state index contributed by atoms with van der Waals surface area (Å²) in [7, 11) is 1.57. The van der Waals surface area contributed by atoms with Gasteiger partial charge in [-0.25, -0.2) is 4.98 Å². The average Bonchev–Trinajstić information content (AvgIpc) is 2.62. The van der Waals surface area contributed by atoms with Gasteiger partial charge in [-0.05, 0) is 24.6 Å². The van der Waals surface area contributed by atoms with Crippen LogP contribution in [0.5, 0.6) is 0 Å². The highest BCUT2D eigenvalue weighted by Gasteiger charge is 2.13. The standard InChI is InChI=1S/C18H19N3O3S/c1-13-10-16(20-15-7-4-3-6-14(13)15)25-12-18(23)24-11-17(22)21(2)9-5-8-19/h3-4,6-7,10H,5,9,11-12H2,1-2H3. The van der Waals surface area contributed by atoms with E-state index in [0.717, 1.165) is 21.5 Å². The summed E-state index contributed by atoms with van der Waals surface area (Å²) in [4.78, 5) is 29.4. The number of nitriles is 1. The summed E-state index contributed by atoms with van der Waals surface area (Å²) in [6, 6.07) is 11.7. The van der Waals surface area contributed by atoms with Gasteiger partial charge in [-0.15, -0.1) is 0 Å². The van der Waals surface area contributed by atoms with Crippen LogP contribution in [0, 0.1) is 18.3 Å². The molecule has 0 spiro atoms. The molecule has 0 fully saturated rings. The number of fused-ring (bicyclic) bond motifs is 1. The van der Waals surface area contributed by atoms with Crippen molar-refractivity contribution >= 4 is 34.5 Å². The molecule has 1 heterocycles. The molecule has 0 N–H and O–H groups in total. The van der Waals surface area contributed by atoms with Gasteiger partial charge in [0, 0.05) is 19.0 Å². The van der Waals surface area contributed by atoms with E-state index in [9.17, 15) is 9.59 Å². The second-order valence-electron chi connectivity index (χ2n) is 5.47. The number of likely N-dealkylation sites (N-methyl/N-ethyl adjacent to an activating group) is 1. The maximum atomic E-state index is 11.8.